The van der Waals surface area contributed by atoms with Crippen LogP contribution in [0, 0.1) is 0 Å². The Bertz CT molecular complexity index is 552. The van der Waals surface area contributed by atoms with Gasteiger partial charge in [-0.1, -0.05) is 48.6 Å². The topological polar surface area (TPSA) is 29.3 Å². The second-order valence-electron chi connectivity index (χ2n) is 4.41. The average Bonchev–Trinajstić information content (AvgIpc) is 2.46. The molecule has 2 aromatic rings. The summed E-state index contributed by atoms with van der Waals surface area (Å²) in [6.45, 7) is 3.97. The first kappa shape index (κ1) is 13.6. The number of nitrogens with zero attached hydrogens (tertiary/aromatic N) is 1. The summed E-state index contributed by atoms with van der Waals surface area (Å²) in [5.41, 5.74) is 9.05. The van der Waals surface area contributed by atoms with Gasteiger partial charge in [0.25, 0.3) is 0 Å². The number of benzene rings is 2. The molecular formula is C16H18N2S. The van der Waals surface area contributed by atoms with E-state index in [1.54, 1.807) is 0 Å². The number of para-hydroxylation sites is 1. The van der Waals surface area contributed by atoms with E-state index < -0.39 is 0 Å². The van der Waals surface area contributed by atoms with E-state index in [1.165, 1.54) is 11.3 Å². The predicted molar refractivity (Wildman–Crippen MR) is 85.5 cm³/mol. The molecule has 0 amide bonds. The number of anilines is 1. The van der Waals surface area contributed by atoms with Gasteiger partial charge in [0, 0.05) is 24.3 Å². The van der Waals surface area contributed by atoms with Crippen molar-refractivity contribution in [3.8, 4) is 0 Å². The molecule has 0 saturated carbocycles. The van der Waals surface area contributed by atoms with Crippen molar-refractivity contribution in [3.63, 3.8) is 0 Å². The maximum Gasteiger partial charge on any atom is 0.103 e. The first-order valence-corrected chi connectivity index (χ1v) is 6.80. The highest BCUT2D eigenvalue weighted by atomic mass is 32.1. The van der Waals surface area contributed by atoms with Crippen LogP contribution >= 0.6 is 12.2 Å². The Kier molecular flexibility index (Phi) is 4.53. The molecule has 0 saturated heterocycles. The Morgan fingerprint density at radius 1 is 1.11 bits per heavy atom. The zero-order chi connectivity index (χ0) is 13.7. The quantitative estimate of drug-likeness (QED) is 0.845. The Morgan fingerprint density at radius 3 is 2.47 bits per heavy atom. The van der Waals surface area contributed by atoms with Gasteiger partial charge in [-0.3, -0.25) is 0 Å². The summed E-state index contributed by atoms with van der Waals surface area (Å²) in [5, 5.41) is 0. The predicted octanol–water partition coefficient (Wildman–Crippen LogP) is 3.35. The third-order valence-corrected chi connectivity index (χ3v) is 3.32. The fourth-order valence-electron chi connectivity index (χ4n) is 2.07. The molecule has 0 atom stereocenters. The number of rotatable bonds is 5. The molecule has 3 heteroatoms. The fraction of sp³-hybridized carbons (Fsp3) is 0.188. The smallest absolute Gasteiger partial charge is 0.103 e. The standard InChI is InChI=1S/C16H18N2S/c1-2-18(15-9-4-3-5-10-15)12-13-7-6-8-14(11-13)16(17)19/h3-11H,2,12H2,1H3,(H2,17,19). The van der Waals surface area contributed by atoms with Gasteiger partial charge in [0.05, 0.1) is 0 Å². The summed E-state index contributed by atoms with van der Waals surface area (Å²) in [5.74, 6) is 0. The van der Waals surface area contributed by atoms with Crippen LogP contribution in [0.1, 0.15) is 18.1 Å². The van der Waals surface area contributed by atoms with Gasteiger partial charge in [0.1, 0.15) is 4.99 Å². The Hall–Kier alpha value is -1.87. The first-order valence-electron chi connectivity index (χ1n) is 6.39. The van der Waals surface area contributed by atoms with Crippen LogP contribution in [0.15, 0.2) is 54.6 Å². The monoisotopic (exact) mass is 270 g/mol. The van der Waals surface area contributed by atoms with Gasteiger partial charge in [-0.25, -0.2) is 0 Å². The van der Waals surface area contributed by atoms with Crippen LogP contribution in [-0.2, 0) is 6.54 Å². The van der Waals surface area contributed by atoms with Crippen molar-refractivity contribution < 1.29 is 0 Å². The van der Waals surface area contributed by atoms with Gasteiger partial charge < -0.3 is 10.6 Å². The zero-order valence-corrected chi connectivity index (χ0v) is 11.9. The van der Waals surface area contributed by atoms with E-state index in [9.17, 15) is 0 Å². The number of hydrogen-bond donors (Lipinski definition) is 1. The first-order chi connectivity index (χ1) is 9.20. The largest absolute Gasteiger partial charge is 0.389 e. The minimum atomic E-state index is 0.449. The van der Waals surface area contributed by atoms with Crippen molar-refractivity contribution in [3.05, 3.63) is 65.7 Å². The molecule has 2 nitrogen and oxygen atoms in total. The molecule has 2 rings (SSSR count). The molecule has 0 heterocycles. The molecule has 0 aromatic heterocycles. The SMILES string of the molecule is CCN(Cc1cccc(C(N)=S)c1)c1ccccc1. The van der Waals surface area contributed by atoms with Crippen molar-refractivity contribution in [2.24, 2.45) is 5.73 Å². The molecule has 0 aliphatic rings. The zero-order valence-electron chi connectivity index (χ0n) is 11.0. The minimum absolute atomic E-state index is 0.449. The molecule has 2 N–H and O–H groups in total. The summed E-state index contributed by atoms with van der Waals surface area (Å²) in [6.07, 6.45) is 0. The highest BCUT2D eigenvalue weighted by Crippen LogP contribution is 2.17. The highest BCUT2D eigenvalue weighted by molar-refractivity contribution is 7.80. The molecule has 19 heavy (non-hydrogen) atoms. The summed E-state index contributed by atoms with van der Waals surface area (Å²) in [4.78, 5) is 2.77. The lowest BCUT2D eigenvalue weighted by molar-refractivity contribution is 0.832. The second kappa shape index (κ2) is 6.34. The van der Waals surface area contributed by atoms with E-state index in [0.29, 0.717) is 4.99 Å². The molecule has 2 aromatic carbocycles. The average molecular weight is 270 g/mol. The van der Waals surface area contributed by atoms with E-state index in [4.69, 9.17) is 18.0 Å². The Morgan fingerprint density at radius 2 is 1.84 bits per heavy atom. The number of hydrogen-bond acceptors (Lipinski definition) is 2. The van der Waals surface area contributed by atoms with Crippen LogP contribution < -0.4 is 10.6 Å². The lowest BCUT2D eigenvalue weighted by Crippen LogP contribution is -2.22. The summed E-state index contributed by atoms with van der Waals surface area (Å²) in [6, 6.07) is 18.5. The third-order valence-electron chi connectivity index (χ3n) is 3.09. The van der Waals surface area contributed by atoms with E-state index in [2.05, 4.69) is 48.2 Å². The van der Waals surface area contributed by atoms with Gasteiger partial charge in [0.15, 0.2) is 0 Å². The van der Waals surface area contributed by atoms with Crippen LogP contribution in [0.3, 0.4) is 0 Å². The molecule has 0 spiro atoms. The maximum absolute atomic E-state index is 5.67. The van der Waals surface area contributed by atoms with Crippen LogP contribution in [0.2, 0.25) is 0 Å². The van der Waals surface area contributed by atoms with Crippen molar-refractivity contribution in [1.82, 2.24) is 0 Å². The molecule has 0 fully saturated rings. The molecule has 0 aliphatic heterocycles. The van der Waals surface area contributed by atoms with Gasteiger partial charge in [-0.15, -0.1) is 0 Å². The van der Waals surface area contributed by atoms with Gasteiger partial charge in [-0.2, -0.15) is 0 Å². The van der Waals surface area contributed by atoms with E-state index in [0.717, 1.165) is 18.7 Å². The van der Waals surface area contributed by atoms with Crippen molar-refractivity contribution in [2.75, 3.05) is 11.4 Å². The second-order valence-corrected chi connectivity index (χ2v) is 4.85. The fourth-order valence-corrected chi connectivity index (χ4v) is 2.19. The van der Waals surface area contributed by atoms with Crippen LogP contribution in [-0.4, -0.2) is 11.5 Å². The molecule has 0 aliphatic carbocycles. The lowest BCUT2D eigenvalue weighted by atomic mass is 10.1. The highest BCUT2D eigenvalue weighted by Gasteiger charge is 2.05. The maximum atomic E-state index is 5.67. The molecule has 98 valence electrons. The molecular weight excluding hydrogens is 252 g/mol. The van der Waals surface area contributed by atoms with Crippen molar-refractivity contribution >= 4 is 22.9 Å². The van der Waals surface area contributed by atoms with Crippen LogP contribution in [0.5, 0.6) is 0 Å². The summed E-state index contributed by atoms with van der Waals surface area (Å²) in [7, 11) is 0. The summed E-state index contributed by atoms with van der Waals surface area (Å²) < 4.78 is 0. The van der Waals surface area contributed by atoms with E-state index in [-0.39, 0.29) is 0 Å². The Labute approximate surface area is 119 Å². The van der Waals surface area contributed by atoms with Crippen molar-refractivity contribution in [1.29, 1.82) is 0 Å². The molecule has 0 bridgehead atoms. The third kappa shape index (κ3) is 3.55. The minimum Gasteiger partial charge on any atom is -0.389 e. The number of nitrogens with two attached hydrogens (primary N) is 1. The molecule has 0 radical (unpaired) electrons. The van der Waals surface area contributed by atoms with E-state index >= 15 is 0 Å². The van der Waals surface area contributed by atoms with Gasteiger partial charge in [-0.05, 0) is 30.7 Å². The summed E-state index contributed by atoms with van der Waals surface area (Å²) >= 11 is 5.02. The molecule has 0 unspecified atom stereocenters. The lowest BCUT2D eigenvalue weighted by Gasteiger charge is -2.23. The van der Waals surface area contributed by atoms with E-state index in [1.807, 2.05) is 18.2 Å². The van der Waals surface area contributed by atoms with Gasteiger partial charge >= 0.3 is 0 Å². The van der Waals surface area contributed by atoms with Crippen molar-refractivity contribution in [2.45, 2.75) is 13.5 Å². The Balaban J connectivity index is 2.19. The van der Waals surface area contributed by atoms with Crippen LogP contribution in [0.25, 0.3) is 0 Å². The normalized spacial score (nSPS) is 10.2. The van der Waals surface area contributed by atoms with Gasteiger partial charge in [0.2, 0.25) is 0 Å². The number of thiocarbonyl (C=S) groups is 1. The van der Waals surface area contributed by atoms with Crippen LogP contribution in [0.4, 0.5) is 5.69 Å².